The highest BCUT2D eigenvalue weighted by Gasteiger charge is 1.95. The number of hydrogen-bond acceptors (Lipinski definition) is 3. The minimum absolute atomic E-state index is 0.458. The maximum absolute atomic E-state index is 5.60. The minimum atomic E-state index is 0.458. The molecule has 17 heavy (non-hydrogen) atoms. The van der Waals surface area contributed by atoms with E-state index in [0.29, 0.717) is 5.25 Å². The normalized spacial score (nSPS) is 13.2. The van der Waals surface area contributed by atoms with E-state index >= 15 is 0 Å². The highest BCUT2D eigenvalue weighted by atomic mass is 32.1. The Morgan fingerprint density at radius 2 is 1.71 bits per heavy atom. The van der Waals surface area contributed by atoms with Crippen molar-refractivity contribution in [2.75, 3.05) is 26.3 Å². The van der Waals surface area contributed by atoms with Crippen molar-refractivity contribution in [3.63, 3.8) is 0 Å². The van der Waals surface area contributed by atoms with Crippen molar-refractivity contribution in [1.29, 1.82) is 0 Å². The summed E-state index contributed by atoms with van der Waals surface area (Å²) in [5.74, 6) is 0.805. The maximum atomic E-state index is 5.60. The van der Waals surface area contributed by atoms with Crippen LogP contribution in [0.25, 0.3) is 0 Å². The van der Waals surface area contributed by atoms with Gasteiger partial charge in [0.2, 0.25) is 0 Å². The van der Waals surface area contributed by atoms with Gasteiger partial charge in [-0.3, -0.25) is 0 Å². The fourth-order valence-electron chi connectivity index (χ4n) is 1.64. The molecule has 0 rings (SSSR count). The van der Waals surface area contributed by atoms with Crippen LogP contribution in [0.4, 0.5) is 0 Å². The first-order chi connectivity index (χ1) is 8.13. The molecule has 0 aliphatic rings. The van der Waals surface area contributed by atoms with Gasteiger partial charge in [-0.1, -0.05) is 20.8 Å². The van der Waals surface area contributed by atoms with Crippen LogP contribution in [-0.4, -0.2) is 31.6 Å². The van der Waals surface area contributed by atoms with Gasteiger partial charge in [-0.05, 0) is 44.6 Å². The van der Waals surface area contributed by atoms with Crippen LogP contribution in [-0.2, 0) is 4.74 Å². The summed E-state index contributed by atoms with van der Waals surface area (Å²) >= 11 is 4.32. The highest BCUT2D eigenvalue weighted by molar-refractivity contribution is 7.80. The van der Waals surface area contributed by atoms with Gasteiger partial charge in [0.05, 0.1) is 0 Å². The van der Waals surface area contributed by atoms with Gasteiger partial charge in [0.1, 0.15) is 0 Å². The molecule has 0 aliphatic carbocycles. The molecule has 3 heteroatoms. The summed E-state index contributed by atoms with van der Waals surface area (Å²) in [5.41, 5.74) is 0. The predicted octanol–water partition coefficient (Wildman–Crippen LogP) is 3.52. The van der Waals surface area contributed by atoms with E-state index in [2.05, 4.69) is 38.7 Å². The van der Waals surface area contributed by atoms with Gasteiger partial charge >= 0.3 is 0 Å². The first-order valence-electron chi connectivity index (χ1n) is 7.09. The molecule has 0 fully saturated rings. The summed E-state index contributed by atoms with van der Waals surface area (Å²) in [5, 5.41) is 3.85. The number of rotatable bonds is 12. The predicted molar refractivity (Wildman–Crippen MR) is 80.1 cm³/mol. The molecule has 0 bridgehead atoms. The Labute approximate surface area is 113 Å². The molecule has 0 amide bonds. The van der Waals surface area contributed by atoms with Crippen molar-refractivity contribution >= 4 is 12.6 Å². The number of hydrogen-bond donors (Lipinski definition) is 2. The van der Waals surface area contributed by atoms with E-state index in [1.807, 2.05) is 0 Å². The second-order valence-corrected chi connectivity index (χ2v) is 6.14. The summed E-state index contributed by atoms with van der Waals surface area (Å²) in [6.45, 7) is 10.6. The first kappa shape index (κ1) is 17.3. The van der Waals surface area contributed by atoms with Crippen LogP contribution in [0.2, 0.25) is 0 Å². The fourth-order valence-corrected chi connectivity index (χ4v) is 1.77. The zero-order valence-electron chi connectivity index (χ0n) is 11.9. The van der Waals surface area contributed by atoms with E-state index < -0.39 is 0 Å². The lowest BCUT2D eigenvalue weighted by molar-refractivity contribution is 0.124. The topological polar surface area (TPSA) is 21.3 Å². The molecule has 0 heterocycles. The molecule has 1 N–H and O–H groups in total. The maximum Gasteiger partial charge on any atom is 0.0466 e. The molecule has 0 aromatic heterocycles. The van der Waals surface area contributed by atoms with Gasteiger partial charge in [-0.2, -0.15) is 12.6 Å². The molecular weight excluding hydrogens is 230 g/mol. The highest BCUT2D eigenvalue weighted by Crippen LogP contribution is 2.03. The van der Waals surface area contributed by atoms with Crippen LogP contribution < -0.4 is 5.32 Å². The van der Waals surface area contributed by atoms with E-state index in [-0.39, 0.29) is 0 Å². The van der Waals surface area contributed by atoms with Crippen LogP contribution >= 0.6 is 12.6 Å². The first-order valence-corrected chi connectivity index (χ1v) is 7.61. The third-order valence-corrected chi connectivity index (χ3v) is 2.83. The quantitative estimate of drug-likeness (QED) is 0.414. The van der Waals surface area contributed by atoms with Crippen molar-refractivity contribution in [1.82, 2.24) is 5.32 Å². The second-order valence-electron chi connectivity index (χ2n) is 5.26. The summed E-state index contributed by atoms with van der Waals surface area (Å²) < 4.78 is 5.60. The molecule has 0 saturated carbocycles. The van der Waals surface area contributed by atoms with Crippen LogP contribution in [0.3, 0.4) is 0 Å². The van der Waals surface area contributed by atoms with E-state index in [0.717, 1.165) is 32.2 Å². The third-order valence-electron chi connectivity index (χ3n) is 2.65. The molecular formula is C14H31NOS. The second kappa shape index (κ2) is 12.7. The monoisotopic (exact) mass is 261 g/mol. The Hall–Kier alpha value is 0.270. The largest absolute Gasteiger partial charge is 0.381 e. The Morgan fingerprint density at radius 1 is 1.00 bits per heavy atom. The Morgan fingerprint density at radius 3 is 2.35 bits per heavy atom. The van der Waals surface area contributed by atoms with Crippen LogP contribution in [0.15, 0.2) is 0 Å². The van der Waals surface area contributed by atoms with Gasteiger partial charge < -0.3 is 10.1 Å². The molecule has 0 aromatic rings. The zero-order valence-corrected chi connectivity index (χ0v) is 12.8. The average molecular weight is 261 g/mol. The average Bonchev–Trinajstić information content (AvgIpc) is 2.25. The lowest BCUT2D eigenvalue weighted by Crippen LogP contribution is -2.22. The standard InChI is InChI=1S/C14H31NOS/c1-13(2)8-7-11-16-10-6-4-5-9-15-12-14(3)17/h13-15,17H,4-12H2,1-3H3. The van der Waals surface area contributed by atoms with E-state index in [1.54, 1.807) is 0 Å². The molecule has 1 unspecified atom stereocenters. The van der Waals surface area contributed by atoms with E-state index in [1.165, 1.54) is 32.1 Å². The molecule has 104 valence electrons. The molecule has 0 spiro atoms. The number of nitrogens with one attached hydrogen (secondary N) is 1. The number of ether oxygens (including phenoxy) is 1. The SMILES string of the molecule is CC(C)CCCOCCCCCNCC(C)S. The van der Waals surface area contributed by atoms with Crippen molar-refractivity contribution in [3.05, 3.63) is 0 Å². The summed E-state index contributed by atoms with van der Waals surface area (Å²) in [6.07, 6.45) is 6.19. The Bertz CT molecular complexity index is 135. The number of thiol groups is 1. The summed E-state index contributed by atoms with van der Waals surface area (Å²) in [4.78, 5) is 0. The molecule has 0 aliphatic heterocycles. The van der Waals surface area contributed by atoms with Crippen molar-refractivity contribution in [3.8, 4) is 0 Å². The van der Waals surface area contributed by atoms with Gasteiger partial charge in [0.15, 0.2) is 0 Å². The van der Waals surface area contributed by atoms with Crippen LogP contribution in [0, 0.1) is 5.92 Å². The van der Waals surface area contributed by atoms with E-state index in [4.69, 9.17) is 4.74 Å². The molecule has 0 aromatic carbocycles. The number of unbranched alkanes of at least 4 members (excludes halogenated alkanes) is 2. The lowest BCUT2D eigenvalue weighted by Gasteiger charge is -2.07. The zero-order chi connectivity index (χ0) is 12.9. The Balaban J connectivity index is 2.94. The molecule has 2 nitrogen and oxygen atoms in total. The van der Waals surface area contributed by atoms with Gasteiger partial charge in [0, 0.05) is 25.0 Å². The Kier molecular flexibility index (Phi) is 12.9. The lowest BCUT2D eigenvalue weighted by atomic mass is 10.1. The summed E-state index contributed by atoms with van der Waals surface area (Å²) in [6, 6.07) is 0. The molecule has 0 saturated heterocycles. The molecule has 1 atom stereocenters. The van der Waals surface area contributed by atoms with Crippen LogP contribution in [0.5, 0.6) is 0 Å². The van der Waals surface area contributed by atoms with Gasteiger partial charge in [-0.25, -0.2) is 0 Å². The molecule has 0 radical (unpaired) electrons. The fraction of sp³-hybridized carbons (Fsp3) is 1.00. The summed E-state index contributed by atoms with van der Waals surface area (Å²) in [7, 11) is 0. The van der Waals surface area contributed by atoms with Crippen molar-refractivity contribution < 1.29 is 4.74 Å². The van der Waals surface area contributed by atoms with Gasteiger partial charge in [-0.15, -0.1) is 0 Å². The van der Waals surface area contributed by atoms with Crippen LogP contribution in [0.1, 0.15) is 52.9 Å². The smallest absolute Gasteiger partial charge is 0.0466 e. The van der Waals surface area contributed by atoms with E-state index in [9.17, 15) is 0 Å². The van der Waals surface area contributed by atoms with Crippen molar-refractivity contribution in [2.45, 2.75) is 58.1 Å². The van der Waals surface area contributed by atoms with Gasteiger partial charge in [0.25, 0.3) is 0 Å². The third kappa shape index (κ3) is 16.3. The van der Waals surface area contributed by atoms with Crippen molar-refractivity contribution in [2.24, 2.45) is 5.92 Å². The minimum Gasteiger partial charge on any atom is -0.381 e.